The molecule has 0 amide bonds. The highest BCUT2D eigenvalue weighted by molar-refractivity contribution is 7.99. The van der Waals surface area contributed by atoms with Crippen molar-refractivity contribution in [3.63, 3.8) is 0 Å². The van der Waals surface area contributed by atoms with Gasteiger partial charge < -0.3 is 5.11 Å². The standard InChI is InChI=1S/C12H16O2S/c1-3-9(2)8-15-11-6-4-5-10(7-11)12(13)14/h4-7,9H,3,8H2,1-2H3,(H,13,14). The Kier molecular flexibility index (Phi) is 4.69. The Bertz CT molecular complexity index is 336. The average Bonchev–Trinajstić information content (AvgIpc) is 2.26. The van der Waals surface area contributed by atoms with Crippen molar-refractivity contribution in [1.82, 2.24) is 0 Å². The van der Waals surface area contributed by atoms with Crippen molar-refractivity contribution in [1.29, 1.82) is 0 Å². The highest BCUT2D eigenvalue weighted by Gasteiger charge is 2.04. The number of hydrogen-bond acceptors (Lipinski definition) is 2. The van der Waals surface area contributed by atoms with E-state index in [1.165, 1.54) is 0 Å². The first kappa shape index (κ1) is 12.1. The van der Waals surface area contributed by atoms with Crippen LogP contribution in [0.5, 0.6) is 0 Å². The highest BCUT2D eigenvalue weighted by Crippen LogP contribution is 2.22. The van der Waals surface area contributed by atoms with Crippen molar-refractivity contribution in [3.05, 3.63) is 29.8 Å². The SMILES string of the molecule is CCC(C)CSc1cccc(C(=O)O)c1. The van der Waals surface area contributed by atoms with E-state index in [1.54, 1.807) is 30.0 Å². The maximum Gasteiger partial charge on any atom is 0.335 e. The number of thioether (sulfide) groups is 1. The Labute approximate surface area is 94.7 Å². The molecule has 3 heteroatoms. The molecule has 1 unspecified atom stereocenters. The summed E-state index contributed by atoms with van der Waals surface area (Å²) in [6.07, 6.45) is 1.16. The predicted molar refractivity (Wildman–Crippen MR) is 63.6 cm³/mol. The zero-order chi connectivity index (χ0) is 11.3. The van der Waals surface area contributed by atoms with Crippen molar-refractivity contribution in [3.8, 4) is 0 Å². The minimum absolute atomic E-state index is 0.365. The van der Waals surface area contributed by atoms with Crippen LogP contribution in [0, 0.1) is 5.92 Å². The van der Waals surface area contributed by atoms with E-state index in [0.29, 0.717) is 11.5 Å². The molecular formula is C12H16O2S. The minimum atomic E-state index is -0.860. The number of rotatable bonds is 5. The van der Waals surface area contributed by atoms with Gasteiger partial charge in [0.15, 0.2) is 0 Å². The van der Waals surface area contributed by atoms with Crippen LogP contribution in [0.3, 0.4) is 0 Å². The van der Waals surface area contributed by atoms with Crippen LogP contribution >= 0.6 is 11.8 Å². The molecule has 0 fully saturated rings. The fourth-order valence-corrected chi connectivity index (χ4v) is 2.17. The zero-order valence-electron chi connectivity index (χ0n) is 9.06. The molecule has 2 nitrogen and oxygen atoms in total. The molecule has 1 aromatic rings. The van der Waals surface area contributed by atoms with Crippen molar-refractivity contribution < 1.29 is 9.90 Å². The largest absolute Gasteiger partial charge is 0.478 e. The molecule has 1 atom stereocenters. The summed E-state index contributed by atoms with van der Waals surface area (Å²) in [5, 5.41) is 8.82. The van der Waals surface area contributed by atoms with Crippen LogP contribution in [0.1, 0.15) is 30.6 Å². The van der Waals surface area contributed by atoms with Crippen LogP contribution < -0.4 is 0 Å². The first-order chi connectivity index (χ1) is 7.13. The van der Waals surface area contributed by atoms with Gasteiger partial charge in [-0.05, 0) is 24.1 Å². The summed E-state index contributed by atoms with van der Waals surface area (Å²) in [6, 6.07) is 7.10. The molecule has 0 aliphatic carbocycles. The molecule has 1 rings (SSSR count). The minimum Gasteiger partial charge on any atom is -0.478 e. The molecular weight excluding hydrogens is 208 g/mol. The monoisotopic (exact) mass is 224 g/mol. The van der Waals surface area contributed by atoms with Gasteiger partial charge in [0.05, 0.1) is 5.56 Å². The van der Waals surface area contributed by atoms with Gasteiger partial charge in [-0.1, -0.05) is 26.3 Å². The third kappa shape index (κ3) is 3.96. The van der Waals surface area contributed by atoms with Gasteiger partial charge in [-0.15, -0.1) is 11.8 Å². The van der Waals surface area contributed by atoms with Gasteiger partial charge in [-0.2, -0.15) is 0 Å². The molecule has 0 aromatic heterocycles. The van der Waals surface area contributed by atoms with E-state index in [1.807, 2.05) is 6.07 Å². The number of benzene rings is 1. The average molecular weight is 224 g/mol. The molecule has 0 saturated heterocycles. The molecule has 0 heterocycles. The fraction of sp³-hybridized carbons (Fsp3) is 0.417. The van der Waals surface area contributed by atoms with E-state index >= 15 is 0 Å². The fourth-order valence-electron chi connectivity index (χ4n) is 1.08. The number of aromatic carboxylic acids is 1. The third-order valence-electron chi connectivity index (χ3n) is 2.31. The van der Waals surface area contributed by atoms with E-state index in [-0.39, 0.29) is 0 Å². The molecule has 1 N–H and O–H groups in total. The van der Waals surface area contributed by atoms with Crippen LogP contribution in [-0.2, 0) is 0 Å². The maximum atomic E-state index is 10.7. The summed E-state index contributed by atoms with van der Waals surface area (Å²) in [7, 11) is 0. The highest BCUT2D eigenvalue weighted by atomic mass is 32.2. The Hall–Kier alpha value is -0.960. The molecule has 0 radical (unpaired) electrons. The van der Waals surface area contributed by atoms with Crippen LogP contribution in [0.15, 0.2) is 29.2 Å². The van der Waals surface area contributed by atoms with Crippen molar-refractivity contribution in [2.75, 3.05) is 5.75 Å². The van der Waals surface area contributed by atoms with E-state index in [9.17, 15) is 4.79 Å². The second kappa shape index (κ2) is 5.81. The Morgan fingerprint density at radius 2 is 2.27 bits per heavy atom. The molecule has 0 bridgehead atoms. The summed E-state index contributed by atoms with van der Waals surface area (Å²) in [5.74, 6) is 0.851. The van der Waals surface area contributed by atoms with Gasteiger partial charge in [0.1, 0.15) is 0 Å². The number of carboxylic acid groups (broad SMARTS) is 1. The van der Waals surface area contributed by atoms with Crippen LogP contribution in [0.2, 0.25) is 0 Å². The van der Waals surface area contributed by atoms with Crippen LogP contribution in [-0.4, -0.2) is 16.8 Å². The lowest BCUT2D eigenvalue weighted by atomic mass is 10.2. The first-order valence-corrected chi connectivity index (χ1v) is 6.08. The number of carboxylic acids is 1. The van der Waals surface area contributed by atoms with E-state index in [2.05, 4.69) is 13.8 Å². The van der Waals surface area contributed by atoms with Crippen LogP contribution in [0.4, 0.5) is 0 Å². The second-order valence-corrected chi connectivity index (χ2v) is 4.75. The van der Waals surface area contributed by atoms with Gasteiger partial charge in [-0.3, -0.25) is 0 Å². The molecule has 1 aromatic carbocycles. The summed E-state index contributed by atoms with van der Waals surface area (Å²) < 4.78 is 0. The molecule has 0 saturated carbocycles. The summed E-state index contributed by atoms with van der Waals surface area (Å²) in [6.45, 7) is 4.37. The quantitative estimate of drug-likeness (QED) is 0.777. The van der Waals surface area contributed by atoms with Crippen molar-refractivity contribution in [2.45, 2.75) is 25.2 Å². The Morgan fingerprint density at radius 1 is 1.53 bits per heavy atom. The van der Waals surface area contributed by atoms with Gasteiger partial charge >= 0.3 is 5.97 Å². The van der Waals surface area contributed by atoms with Crippen molar-refractivity contribution >= 4 is 17.7 Å². The molecule has 0 aliphatic heterocycles. The molecule has 82 valence electrons. The smallest absolute Gasteiger partial charge is 0.335 e. The van der Waals surface area contributed by atoms with Crippen LogP contribution in [0.25, 0.3) is 0 Å². The van der Waals surface area contributed by atoms with Gasteiger partial charge in [0, 0.05) is 10.6 Å². The number of carbonyl (C=O) groups is 1. The zero-order valence-corrected chi connectivity index (χ0v) is 9.88. The van der Waals surface area contributed by atoms with Crippen molar-refractivity contribution in [2.24, 2.45) is 5.92 Å². The topological polar surface area (TPSA) is 37.3 Å². The lowest BCUT2D eigenvalue weighted by Crippen LogP contribution is -1.97. The van der Waals surface area contributed by atoms with Gasteiger partial charge in [-0.25, -0.2) is 4.79 Å². The first-order valence-electron chi connectivity index (χ1n) is 5.09. The second-order valence-electron chi connectivity index (χ2n) is 3.66. The lowest BCUT2D eigenvalue weighted by molar-refractivity contribution is 0.0696. The lowest BCUT2D eigenvalue weighted by Gasteiger charge is -2.07. The third-order valence-corrected chi connectivity index (χ3v) is 3.64. The van der Waals surface area contributed by atoms with E-state index in [4.69, 9.17) is 5.11 Å². The van der Waals surface area contributed by atoms with E-state index < -0.39 is 5.97 Å². The van der Waals surface area contributed by atoms with E-state index in [0.717, 1.165) is 17.1 Å². The molecule has 15 heavy (non-hydrogen) atoms. The summed E-state index contributed by atoms with van der Waals surface area (Å²) in [4.78, 5) is 11.8. The molecule has 0 spiro atoms. The number of hydrogen-bond donors (Lipinski definition) is 1. The predicted octanol–water partition coefficient (Wildman–Crippen LogP) is 3.52. The van der Waals surface area contributed by atoms with Gasteiger partial charge in [0.25, 0.3) is 0 Å². The maximum absolute atomic E-state index is 10.7. The normalized spacial score (nSPS) is 12.4. The Balaban J connectivity index is 2.62. The Morgan fingerprint density at radius 3 is 2.87 bits per heavy atom. The van der Waals surface area contributed by atoms with Gasteiger partial charge in [0.2, 0.25) is 0 Å². The summed E-state index contributed by atoms with van der Waals surface area (Å²) >= 11 is 1.72. The summed E-state index contributed by atoms with van der Waals surface area (Å²) in [5.41, 5.74) is 0.365. The molecule has 0 aliphatic rings.